The minimum Gasteiger partial charge on any atom is -0.366 e. The van der Waals surface area contributed by atoms with Gasteiger partial charge in [0.25, 0.3) is 5.56 Å². The molecule has 1 aromatic carbocycles. The van der Waals surface area contributed by atoms with Crippen molar-refractivity contribution in [1.82, 2.24) is 9.55 Å². The van der Waals surface area contributed by atoms with Crippen LogP contribution < -0.4 is 11.3 Å². The van der Waals surface area contributed by atoms with Gasteiger partial charge in [-0.15, -0.1) is 0 Å². The number of aromatic amines is 1. The largest absolute Gasteiger partial charge is 0.366 e. The molecule has 0 saturated heterocycles. The van der Waals surface area contributed by atoms with Crippen molar-refractivity contribution in [3.63, 3.8) is 0 Å². The highest BCUT2D eigenvalue weighted by Gasteiger charge is 2.17. The zero-order chi connectivity index (χ0) is 20.6. The lowest BCUT2D eigenvalue weighted by molar-refractivity contribution is 0.100. The highest BCUT2D eigenvalue weighted by atomic mass is 16.1. The van der Waals surface area contributed by atoms with Crippen LogP contribution in [0.15, 0.2) is 35.3 Å². The molecule has 28 heavy (non-hydrogen) atoms. The Morgan fingerprint density at radius 2 is 1.93 bits per heavy atom. The fourth-order valence-electron chi connectivity index (χ4n) is 3.73. The maximum absolute atomic E-state index is 12.8. The van der Waals surface area contributed by atoms with Crippen molar-refractivity contribution in [1.29, 1.82) is 0 Å². The van der Waals surface area contributed by atoms with Crippen molar-refractivity contribution < 1.29 is 4.79 Å². The molecule has 0 fully saturated rings. The van der Waals surface area contributed by atoms with Crippen molar-refractivity contribution in [2.24, 2.45) is 5.73 Å². The number of fused-ring (bicyclic) bond motifs is 1. The molecule has 1 atom stereocenters. The lowest BCUT2D eigenvalue weighted by atomic mass is 9.94. The third-order valence-corrected chi connectivity index (χ3v) is 5.62. The number of aromatic nitrogens is 2. The monoisotopic (exact) mass is 379 g/mol. The number of aryl methyl sites for hydroxylation is 1. The standard InChI is InChI=1S/C23H29N3O2/c1-6-14(4)18-9-15(5)25-23(28)20(18)12-26-8-7-17-19(22(24)27)10-16(13(2)3)11-21(17)26/h7-11,13-14H,6,12H2,1-5H3,(H2,24,27)(H,25,28). The van der Waals surface area contributed by atoms with Crippen LogP contribution in [0.1, 0.15) is 78.7 Å². The van der Waals surface area contributed by atoms with E-state index in [1.54, 1.807) is 0 Å². The summed E-state index contributed by atoms with van der Waals surface area (Å²) < 4.78 is 2.04. The Labute approximate surface area is 165 Å². The highest BCUT2D eigenvalue weighted by molar-refractivity contribution is 6.06. The van der Waals surface area contributed by atoms with Crippen molar-refractivity contribution in [2.75, 3.05) is 0 Å². The van der Waals surface area contributed by atoms with Crippen molar-refractivity contribution in [2.45, 2.75) is 59.4 Å². The number of nitrogens with one attached hydrogen (secondary N) is 1. The van der Waals surface area contributed by atoms with Gasteiger partial charge in [-0.1, -0.05) is 27.7 Å². The van der Waals surface area contributed by atoms with Crippen molar-refractivity contribution in [3.05, 3.63) is 68.8 Å². The second-order valence-electron chi connectivity index (χ2n) is 7.99. The van der Waals surface area contributed by atoms with Gasteiger partial charge in [-0.25, -0.2) is 0 Å². The van der Waals surface area contributed by atoms with Crippen LogP contribution in [0.4, 0.5) is 0 Å². The fraction of sp³-hybridized carbons (Fsp3) is 0.391. The first kappa shape index (κ1) is 19.9. The van der Waals surface area contributed by atoms with E-state index in [4.69, 9.17) is 5.73 Å². The summed E-state index contributed by atoms with van der Waals surface area (Å²) in [6.45, 7) is 10.8. The maximum atomic E-state index is 12.8. The lowest BCUT2D eigenvalue weighted by Crippen LogP contribution is -2.20. The molecule has 0 bridgehead atoms. The number of pyridine rings is 1. The van der Waals surface area contributed by atoms with Gasteiger partial charge in [-0.2, -0.15) is 0 Å². The number of hydrogen-bond donors (Lipinski definition) is 2. The predicted molar refractivity (Wildman–Crippen MR) is 114 cm³/mol. The Hall–Kier alpha value is -2.82. The van der Waals surface area contributed by atoms with E-state index in [2.05, 4.69) is 44.8 Å². The molecule has 0 aliphatic carbocycles. The molecule has 1 amide bonds. The molecule has 0 aliphatic rings. The van der Waals surface area contributed by atoms with E-state index in [0.29, 0.717) is 18.0 Å². The predicted octanol–water partition coefficient (Wildman–Crippen LogP) is 4.42. The summed E-state index contributed by atoms with van der Waals surface area (Å²) in [6, 6.07) is 7.95. The van der Waals surface area contributed by atoms with E-state index in [1.807, 2.05) is 29.8 Å². The second kappa shape index (κ2) is 7.66. The smallest absolute Gasteiger partial charge is 0.253 e. The minimum absolute atomic E-state index is 0.0488. The molecule has 3 rings (SSSR count). The summed E-state index contributed by atoms with van der Waals surface area (Å²) >= 11 is 0. The van der Waals surface area contributed by atoms with Crippen LogP contribution in [-0.2, 0) is 6.54 Å². The number of carbonyl (C=O) groups is 1. The first-order valence-electron chi connectivity index (χ1n) is 9.88. The van der Waals surface area contributed by atoms with E-state index in [0.717, 1.165) is 39.7 Å². The Kier molecular flexibility index (Phi) is 5.45. The van der Waals surface area contributed by atoms with Crippen molar-refractivity contribution >= 4 is 16.8 Å². The van der Waals surface area contributed by atoms with Crippen LogP contribution in [-0.4, -0.2) is 15.5 Å². The number of benzene rings is 1. The van der Waals surface area contributed by atoms with E-state index in [9.17, 15) is 9.59 Å². The topological polar surface area (TPSA) is 80.9 Å². The quantitative estimate of drug-likeness (QED) is 0.665. The molecular weight excluding hydrogens is 350 g/mol. The third-order valence-electron chi connectivity index (χ3n) is 5.62. The zero-order valence-corrected chi connectivity index (χ0v) is 17.3. The number of rotatable bonds is 6. The van der Waals surface area contributed by atoms with E-state index >= 15 is 0 Å². The van der Waals surface area contributed by atoms with Gasteiger partial charge in [0.15, 0.2) is 0 Å². The summed E-state index contributed by atoms with van der Waals surface area (Å²) in [5, 5.41) is 0.825. The molecule has 148 valence electrons. The van der Waals surface area contributed by atoms with Crippen LogP contribution in [0, 0.1) is 6.92 Å². The van der Waals surface area contributed by atoms with Gasteiger partial charge in [0.1, 0.15) is 0 Å². The molecule has 1 unspecified atom stereocenters. The molecule has 0 saturated carbocycles. The molecule has 2 aromatic heterocycles. The van der Waals surface area contributed by atoms with Crippen LogP contribution in [0.3, 0.4) is 0 Å². The van der Waals surface area contributed by atoms with Crippen molar-refractivity contribution in [3.8, 4) is 0 Å². The number of primary amides is 1. The minimum atomic E-state index is -0.432. The Morgan fingerprint density at radius 1 is 1.21 bits per heavy atom. The van der Waals surface area contributed by atoms with Crippen LogP contribution in [0.5, 0.6) is 0 Å². The molecule has 0 radical (unpaired) electrons. The first-order valence-corrected chi connectivity index (χ1v) is 9.88. The normalized spacial score (nSPS) is 12.6. The molecule has 2 heterocycles. The van der Waals surface area contributed by atoms with Gasteiger partial charge >= 0.3 is 0 Å². The average molecular weight is 380 g/mol. The summed E-state index contributed by atoms with van der Waals surface area (Å²) in [7, 11) is 0. The Bertz CT molecular complexity index is 1090. The highest BCUT2D eigenvalue weighted by Crippen LogP contribution is 2.28. The molecule has 5 nitrogen and oxygen atoms in total. The van der Waals surface area contributed by atoms with E-state index in [-0.39, 0.29) is 11.5 Å². The Morgan fingerprint density at radius 3 is 2.54 bits per heavy atom. The molecule has 5 heteroatoms. The van der Waals surface area contributed by atoms with Gasteiger partial charge in [-0.05, 0) is 60.6 Å². The van der Waals surface area contributed by atoms with E-state index < -0.39 is 5.91 Å². The van der Waals surface area contributed by atoms with Gasteiger partial charge in [-0.3, -0.25) is 9.59 Å². The Balaban J connectivity index is 2.19. The lowest BCUT2D eigenvalue weighted by Gasteiger charge is -2.17. The first-order chi connectivity index (χ1) is 13.2. The summed E-state index contributed by atoms with van der Waals surface area (Å²) in [5.41, 5.74) is 10.8. The van der Waals surface area contributed by atoms with Crippen LogP contribution >= 0.6 is 0 Å². The second-order valence-corrected chi connectivity index (χ2v) is 7.99. The average Bonchev–Trinajstić information content (AvgIpc) is 3.04. The third kappa shape index (κ3) is 3.61. The molecule has 3 N–H and O–H groups in total. The number of amides is 1. The molecule has 0 spiro atoms. The number of nitrogens with zero attached hydrogens (tertiary/aromatic N) is 1. The van der Waals surface area contributed by atoms with Crippen LogP contribution in [0.2, 0.25) is 0 Å². The summed E-state index contributed by atoms with van der Waals surface area (Å²) in [5.74, 6) is 0.133. The molecule has 0 aliphatic heterocycles. The SMILES string of the molecule is CCC(C)c1cc(C)[nH]c(=O)c1Cn1ccc2c(C(N)=O)cc(C(C)C)cc21. The number of hydrogen-bond acceptors (Lipinski definition) is 2. The van der Waals surface area contributed by atoms with Crippen LogP contribution in [0.25, 0.3) is 10.9 Å². The molecule has 3 aromatic rings. The van der Waals surface area contributed by atoms with Gasteiger partial charge in [0.05, 0.1) is 6.54 Å². The summed E-state index contributed by atoms with van der Waals surface area (Å²) in [4.78, 5) is 27.7. The van der Waals surface area contributed by atoms with Gasteiger partial charge in [0, 0.05) is 33.9 Å². The zero-order valence-electron chi connectivity index (χ0n) is 17.3. The van der Waals surface area contributed by atoms with Gasteiger partial charge < -0.3 is 15.3 Å². The maximum Gasteiger partial charge on any atom is 0.253 e. The van der Waals surface area contributed by atoms with Gasteiger partial charge in [0.2, 0.25) is 5.91 Å². The molecular formula is C23H29N3O2. The fourth-order valence-corrected chi connectivity index (χ4v) is 3.73. The number of H-pyrrole nitrogens is 1. The van der Waals surface area contributed by atoms with E-state index in [1.165, 1.54) is 0 Å². The number of carbonyl (C=O) groups excluding carboxylic acids is 1. The summed E-state index contributed by atoms with van der Waals surface area (Å²) in [6.07, 6.45) is 2.90. The number of nitrogens with two attached hydrogens (primary N) is 1.